The first-order valence-corrected chi connectivity index (χ1v) is 6.46. The normalized spacial score (nSPS) is 12.4. The fraction of sp³-hybridized carbons (Fsp3) is 0.357. The number of halogens is 8. The van der Waals surface area contributed by atoms with Crippen molar-refractivity contribution in [1.29, 1.82) is 0 Å². The molecule has 0 aromatic heterocycles. The summed E-state index contributed by atoms with van der Waals surface area (Å²) in [6, 6.07) is 2.29. The summed E-state index contributed by atoms with van der Waals surface area (Å²) < 4.78 is 94.2. The number of benzene rings is 1. The molecule has 25 heavy (non-hydrogen) atoms. The van der Waals surface area contributed by atoms with Gasteiger partial charge in [0.2, 0.25) is 0 Å². The Morgan fingerprint density at radius 2 is 1.64 bits per heavy atom. The summed E-state index contributed by atoms with van der Waals surface area (Å²) in [5, 5.41) is 7.12. The van der Waals surface area contributed by atoms with Crippen LogP contribution in [0.25, 0.3) is 0 Å². The van der Waals surface area contributed by atoms with Crippen molar-refractivity contribution < 1.29 is 45.0 Å². The maximum Gasteiger partial charge on any atom is 0.490 e. The van der Waals surface area contributed by atoms with E-state index in [0.717, 1.165) is 12.1 Å². The molecule has 0 unspecified atom stereocenters. The van der Waals surface area contributed by atoms with Crippen LogP contribution in [-0.2, 0) is 17.4 Å². The average molecular weight is 379 g/mol. The molecule has 0 radical (unpaired) electrons. The van der Waals surface area contributed by atoms with Crippen LogP contribution in [0.2, 0.25) is 0 Å². The Kier molecular flexibility index (Phi) is 8.54. The Hall–Kier alpha value is -2.17. The zero-order chi connectivity index (χ0) is 19.8. The van der Waals surface area contributed by atoms with Crippen LogP contribution in [-0.4, -0.2) is 23.8 Å². The standard InChI is InChI=1S/C12H12F5N.C2HF3O2/c13-6-9(7-18)2-1-8-3-10(12(15,16)17)5-11(14)4-8;3-2(4,5)1(6)7/h3-6H,1-2,7,18H2;(H,6,7). The second kappa shape index (κ2) is 9.35. The van der Waals surface area contributed by atoms with Crippen molar-refractivity contribution in [3.63, 3.8) is 0 Å². The van der Waals surface area contributed by atoms with Crippen molar-refractivity contribution in [2.75, 3.05) is 6.54 Å². The number of aryl methyl sites for hydroxylation is 1. The van der Waals surface area contributed by atoms with Crippen LogP contribution >= 0.6 is 0 Å². The smallest absolute Gasteiger partial charge is 0.475 e. The summed E-state index contributed by atoms with van der Waals surface area (Å²) in [6.07, 6.45) is -9.09. The third kappa shape index (κ3) is 9.03. The predicted molar refractivity (Wildman–Crippen MR) is 71.7 cm³/mol. The molecule has 11 heteroatoms. The van der Waals surface area contributed by atoms with E-state index in [4.69, 9.17) is 15.6 Å². The molecule has 0 fully saturated rings. The lowest BCUT2D eigenvalue weighted by Crippen LogP contribution is -2.21. The van der Waals surface area contributed by atoms with E-state index in [-0.39, 0.29) is 30.5 Å². The summed E-state index contributed by atoms with van der Waals surface area (Å²) in [7, 11) is 0. The molecule has 1 aromatic carbocycles. The molecule has 0 heterocycles. The van der Waals surface area contributed by atoms with Crippen LogP contribution in [0.3, 0.4) is 0 Å². The predicted octanol–water partition coefficient (Wildman–Crippen LogP) is 4.22. The van der Waals surface area contributed by atoms with E-state index in [9.17, 15) is 35.1 Å². The minimum absolute atomic E-state index is 0.0159. The minimum Gasteiger partial charge on any atom is -0.475 e. The second-order valence-corrected chi connectivity index (χ2v) is 4.62. The van der Waals surface area contributed by atoms with Crippen molar-refractivity contribution in [2.45, 2.75) is 25.2 Å². The first-order valence-electron chi connectivity index (χ1n) is 6.46. The highest BCUT2D eigenvalue weighted by Crippen LogP contribution is 2.30. The fourth-order valence-electron chi connectivity index (χ4n) is 1.46. The Balaban J connectivity index is 0.000000697. The number of alkyl halides is 6. The van der Waals surface area contributed by atoms with Gasteiger partial charge >= 0.3 is 18.3 Å². The number of carboxylic acids is 1. The van der Waals surface area contributed by atoms with Gasteiger partial charge in [0.1, 0.15) is 5.82 Å². The largest absolute Gasteiger partial charge is 0.490 e. The van der Waals surface area contributed by atoms with Gasteiger partial charge in [-0.2, -0.15) is 26.3 Å². The molecule has 0 aliphatic heterocycles. The summed E-state index contributed by atoms with van der Waals surface area (Å²) in [6.45, 7) is -0.0159. The molecular formula is C14H13F8NO2. The van der Waals surface area contributed by atoms with Gasteiger partial charge in [-0.05, 0) is 42.2 Å². The van der Waals surface area contributed by atoms with Crippen LogP contribution in [0.5, 0.6) is 0 Å². The first kappa shape index (κ1) is 22.8. The summed E-state index contributed by atoms with van der Waals surface area (Å²) >= 11 is 0. The molecule has 142 valence electrons. The highest BCUT2D eigenvalue weighted by molar-refractivity contribution is 5.73. The van der Waals surface area contributed by atoms with Crippen molar-refractivity contribution in [1.82, 2.24) is 0 Å². The van der Waals surface area contributed by atoms with Crippen LogP contribution < -0.4 is 5.73 Å². The average Bonchev–Trinajstić information content (AvgIpc) is 2.46. The highest BCUT2D eigenvalue weighted by atomic mass is 19.4. The van der Waals surface area contributed by atoms with E-state index in [1.807, 2.05) is 0 Å². The molecule has 1 aromatic rings. The molecule has 0 aliphatic rings. The number of aliphatic carboxylic acids is 1. The van der Waals surface area contributed by atoms with Gasteiger partial charge in [0, 0.05) is 6.54 Å². The second-order valence-electron chi connectivity index (χ2n) is 4.62. The van der Waals surface area contributed by atoms with Crippen LogP contribution in [0.15, 0.2) is 30.1 Å². The summed E-state index contributed by atoms with van der Waals surface area (Å²) in [5.74, 6) is -3.72. The van der Waals surface area contributed by atoms with E-state index >= 15 is 0 Å². The van der Waals surface area contributed by atoms with E-state index in [1.165, 1.54) is 0 Å². The van der Waals surface area contributed by atoms with Crippen LogP contribution in [0, 0.1) is 5.82 Å². The summed E-state index contributed by atoms with van der Waals surface area (Å²) in [5.41, 5.74) is 4.60. The van der Waals surface area contributed by atoms with Crippen molar-refractivity contribution in [3.8, 4) is 0 Å². The maximum absolute atomic E-state index is 13.0. The SMILES string of the molecule is NCC(=CF)CCc1cc(F)cc(C(F)(F)F)c1.O=C(O)C(F)(F)F. The molecule has 0 atom stereocenters. The van der Waals surface area contributed by atoms with Gasteiger partial charge in [0.15, 0.2) is 0 Å². The molecule has 0 aliphatic carbocycles. The topological polar surface area (TPSA) is 63.3 Å². The number of hydrogen-bond acceptors (Lipinski definition) is 2. The van der Waals surface area contributed by atoms with Crippen molar-refractivity contribution >= 4 is 5.97 Å². The number of carboxylic acid groups (broad SMARTS) is 1. The molecule has 0 amide bonds. The van der Waals surface area contributed by atoms with Gasteiger partial charge in [-0.3, -0.25) is 0 Å². The Morgan fingerprint density at radius 3 is 2.00 bits per heavy atom. The van der Waals surface area contributed by atoms with E-state index in [1.54, 1.807) is 0 Å². The Labute approximate surface area is 136 Å². The lowest BCUT2D eigenvalue weighted by atomic mass is 10.0. The number of rotatable bonds is 4. The number of carbonyl (C=O) groups is 1. The van der Waals surface area contributed by atoms with Gasteiger partial charge in [-0.15, -0.1) is 0 Å². The van der Waals surface area contributed by atoms with Gasteiger partial charge < -0.3 is 10.8 Å². The Bertz CT molecular complexity index is 608. The van der Waals surface area contributed by atoms with Gasteiger partial charge in [-0.1, -0.05) is 0 Å². The number of nitrogens with two attached hydrogens (primary N) is 1. The van der Waals surface area contributed by atoms with Crippen LogP contribution in [0.1, 0.15) is 17.5 Å². The van der Waals surface area contributed by atoms with Crippen molar-refractivity contribution in [2.24, 2.45) is 5.73 Å². The Morgan fingerprint density at radius 1 is 1.12 bits per heavy atom. The molecular weight excluding hydrogens is 366 g/mol. The minimum atomic E-state index is -5.08. The monoisotopic (exact) mass is 379 g/mol. The third-order valence-corrected chi connectivity index (χ3v) is 2.68. The summed E-state index contributed by atoms with van der Waals surface area (Å²) in [4.78, 5) is 8.90. The van der Waals surface area contributed by atoms with E-state index < -0.39 is 29.7 Å². The van der Waals surface area contributed by atoms with E-state index in [2.05, 4.69) is 0 Å². The van der Waals surface area contributed by atoms with E-state index in [0.29, 0.717) is 12.4 Å². The zero-order valence-corrected chi connectivity index (χ0v) is 12.4. The third-order valence-electron chi connectivity index (χ3n) is 2.68. The lowest BCUT2D eigenvalue weighted by molar-refractivity contribution is -0.192. The van der Waals surface area contributed by atoms with Crippen LogP contribution in [0.4, 0.5) is 35.1 Å². The molecule has 3 N–H and O–H groups in total. The van der Waals surface area contributed by atoms with Gasteiger partial charge in [0.25, 0.3) is 0 Å². The zero-order valence-electron chi connectivity index (χ0n) is 12.4. The number of hydrogen-bond donors (Lipinski definition) is 2. The molecule has 0 spiro atoms. The molecule has 1 rings (SSSR count). The van der Waals surface area contributed by atoms with Gasteiger partial charge in [-0.25, -0.2) is 13.6 Å². The molecule has 3 nitrogen and oxygen atoms in total. The molecule has 0 bridgehead atoms. The maximum atomic E-state index is 13.0. The molecule has 0 saturated heterocycles. The van der Waals surface area contributed by atoms with Gasteiger partial charge in [0.05, 0.1) is 11.9 Å². The fourth-order valence-corrected chi connectivity index (χ4v) is 1.46. The highest BCUT2D eigenvalue weighted by Gasteiger charge is 2.38. The first-order chi connectivity index (χ1) is 11.3. The lowest BCUT2D eigenvalue weighted by Gasteiger charge is -2.09. The molecule has 0 saturated carbocycles. The van der Waals surface area contributed by atoms with Crippen molar-refractivity contribution in [3.05, 3.63) is 47.0 Å². The quantitative estimate of drug-likeness (QED) is 0.770.